The zero-order valence-corrected chi connectivity index (χ0v) is 15.8. The van der Waals surface area contributed by atoms with Crippen molar-refractivity contribution in [3.8, 4) is 33.4 Å². The summed E-state index contributed by atoms with van der Waals surface area (Å²) in [4.78, 5) is 0. The molecule has 5 rings (SSSR count). The van der Waals surface area contributed by atoms with E-state index in [0.29, 0.717) is 0 Å². The molecule has 0 bridgehead atoms. The molecular weight excluding hydrogens is 324 g/mol. The molecule has 27 heavy (non-hydrogen) atoms. The maximum atomic E-state index is 2.31. The minimum Gasteiger partial charge on any atom is -0.0619 e. The molecule has 130 valence electrons. The topological polar surface area (TPSA) is 0 Å². The Balaban J connectivity index is 1.74. The quantitative estimate of drug-likeness (QED) is 0.317. The van der Waals surface area contributed by atoms with Gasteiger partial charge in [0, 0.05) is 0 Å². The summed E-state index contributed by atoms with van der Waals surface area (Å²) in [5.41, 5.74) is 13.7. The predicted molar refractivity (Wildman–Crippen MR) is 115 cm³/mol. The van der Waals surface area contributed by atoms with Gasteiger partial charge in [0.2, 0.25) is 0 Å². The van der Waals surface area contributed by atoms with Gasteiger partial charge in [0.1, 0.15) is 0 Å². The second-order valence-electron chi connectivity index (χ2n) is 7.53. The molecule has 1 aliphatic rings. The molecule has 0 aromatic heterocycles. The standard InChI is InChI=1S/C27H22/c1-18-11-14-20(15-12-18)22-8-5-6-10-24(22)25-16-13-19(2)27-23-9-4-3-7-21(23)17-26(25)27/h3-16H,17H2,1-2H3. The van der Waals surface area contributed by atoms with E-state index in [4.69, 9.17) is 0 Å². The lowest BCUT2D eigenvalue weighted by Gasteiger charge is -2.16. The molecule has 0 heteroatoms. The van der Waals surface area contributed by atoms with Crippen molar-refractivity contribution in [2.75, 3.05) is 0 Å². The zero-order chi connectivity index (χ0) is 18.4. The van der Waals surface area contributed by atoms with Crippen molar-refractivity contribution >= 4 is 0 Å². The lowest BCUT2D eigenvalue weighted by Crippen LogP contribution is -1.93. The molecule has 4 aromatic rings. The van der Waals surface area contributed by atoms with Crippen molar-refractivity contribution in [1.82, 2.24) is 0 Å². The smallest absolute Gasteiger partial charge is 0.000718 e. The van der Waals surface area contributed by atoms with Gasteiger partial charge in [-0.05, 0) is 70.3 Å². The molecule has 0 nitrogen and oxygen atoms in total. The summed E-state index contributed by atoms with van der Waals surface area (Å²) in [5.74, 6) is 0. The van der Waals surface area contributed by atoms with Gasteiger partial charge in [-0.2, -0.15) is 0 Å². The second-order valence-corrected chi connectivity index (χ2v) is 7.53. The SMILES string of the molecule is Cc1ccc(-c2ccccc2-c2ccc(C)c3c2Cc2ccccc2-3)cc1. The van der Waals surface area contributed by atoms with Crippen LogP contribution in [0.1, 0.15) is 22.3 Å². The normalized spacial score (nSPS) is 11.9. The molecule has 0 aliphatic heterocycles. The van der Waals surface area contributed by atoms with E-state index in [0.717, 1.165) is 6.42 Å². The summed E-state index contributed by atoms with van der Waals surface area (Å²) in [6.07, 6.45) is 1.02. The van der Waals surface area contributed by atoms with Gasteiger partial charge in [0.05, 0.1) is 0 Å². The van der Waals surface area contributed by atoms with Gasteiger partial charge < -0.3 is 0 Å². The molecule has 0 radical (unpaired) electrons. The minimum atomic E-state index is 1.02. The fourth-order valence-corrected chi connectivity index (χ4v) is 4.39. The van der Waals surface area contributed by atoms with Crippen LogP contribution in [0.5, 0.6) is 0 Å². The molecule has 0 saturated carbocycles. The number of hydrogen-bond acceptors (Lipinski definition) is 0. The van der Waals surface area contributed by atoms with E-state index in [1.54, 1.807) is 0 Å². The molecule has 0 amide bonds. The highest BCUT2D eigenvalue weighted by Crippen LogP contribution is 2.45. The molecule has 0 N–H and O–H groups in total. The maximum Gasteiger partial charge on any atom is -0.000718 e. The average molecular weight is 346 g/mol. The fourth-order valence-electron chi connectivity index (χ4n) is 4.39. The fraction of sp³-hybridized carbons (Fsp3) is 0.111. The van der Waals surface area contributed by atoms with Gasteiger partial charge in [-0.3, -0.25) is 0 Å². The van der Waals surface area contributed by atoms with Crippen LogP contribution < -0.4 is 0 Å². The summed E-state index contributed by atoms with van der Waals surface area (Å²) in [6, 6.07) is 31.1. The van der Waals surface area contributed by atoms with E-state index in [9.17, 15) is 0 Å². The highest BCUT2D eigenvalue weighted by molar-refractivity contribution is 5.91. The van der Waals surface area contributed by atoms with Gasteiger partial charge in [-0.15, -0.1) is 0 Å². The van der Waals surface area contributed by atoms with E-state index in [2.05, 4.69) is 98.8 Å². The van der Waals surface area contributed by atoms with Crippen LogP contribution in [0.3, 0.4) is 0 Å². The summed E-state index contributed by atoms with van der Waals surface area (Å²) in [7, 11) is 0. The Morgan fingerprint density at radius 1 is 0.556 bits per heavy atom. The van der Waals surface area contributed by atoms with Crippen LogP contribution in [0, 0.1) is 13.8 Å². The van der Waals surface area contributed by atoms with Crippen LogP contribution in [0.2, 0.25) is 0 Å². The largest absolute Gasteiger partial charge is 0.0619 e. The molecule has 0 heterocycles. The molecule has 4 aromatic carbocycles. The molecule has 0 unspecified atom stereocenters. The Bertz CT molecular complexity index is 1150. The first kappa shape index (κ1) is 16.1. The van der Waals surface area contributed by atoms with Crippen LogP contribution in [0.15, 0.2) is 84.9 Å². The third-order valence-electron chi connectivity index (χ3n) is 5.75. The van der Waals surface area contributed by atoms with E-state index < -0.39 is 0 Å². The second kappa shape index (κ2) is 6.25. The average Bonchev–Trinajstić information content (AvgIpc) is 3.09. The molecule has 0 atom stereocenters. The van der Waals surface area contributed by atoms with Crippen LogP contribution in [0.4, 0.5) is 0 Å². The Morgan fingerprint density at radius 2 is 1.22 bits per heavy atom. The monoisotopic (exact) mass is 346 g/mol. The van der Waals surface area contributed by atoms with Gasteiger partial charge in [-0.25, -0.2) is 0 Å². The number of aryl methyl sites for hydroxylation is 2. The van der Waals surface area contributed by atoms with Crippen LogP contribution in [0.25, 0.3) is 33.4 Å². The van der Waals surface area contributed by atoms with Crippen molar-refractivity contribution < 1.29 is 0 Å². The summed E-state index contributed by atoms with van der Waals surface area (Å²) >= 11 is 0. The number of benzene rings is 4. The highest BCUT2D eigenvalue weighted by atomic mass is 14.3. The molecular formula is C27H22. The Kier molecular flexibility index (Phi) is 3.72. The van der Waals surface area contributed by atoms with Crippen molar-refractivity contribution in [2.45, 2.75) is 20.3 Å². The maximum absolute atomic E-state index is 2.31. The Morgan fingerprint density at radius 3 is 2.00 bits per heavy atom. The van der Waals surface area contributed by atoms with Crippen LogP contribution in [-0.2, 0) is 6.42 Å². The van der Waals surface area contributed by atoms with E-state index in [1.165, 1.54) is 55.6 Å². The van der Waals surface area contributed by atoms with E-state index >= 15 is 0 Å². The first-order chi connectivity index (χ1) is 13.2. The van der Waals surface area contributed by atoms with Crippen LogP contribution in [-0.4, -0.2) is 0 Å². The van der Waals surface area contributed by atoms with E-state index in [-0.39, 0.29) is 0 Å². The molecule has 0 spiro atoms. The number of rotatable bonds is 2. The molecule has 0 saturated heterocycles. The first-order valence-electron chi connectivity index (χ1n) is 9.59. The third-order valence-corrected chi connectivity index (χ3v) is 5.75. The van der Waals surface area contributed by atoms with Crippen molar-refractivity contribution in [3.05, 3.63) is 107 Å². The highest BCUT2D eigenvalue weighted by Gasteiger charge is 2.24. The summed E-state index contributed by atoms with van der Waals surface area (Å²) < 4.78 is 0. The lowest BCUT2D eigenvalue weighted by molar-refractivity contribution is 1.26. The number of hydrogen-bond donors (Lipinski definition) is 0. The summed E-state index contributed by atoms with van der Waals surface area (Å²) in [5, 5.41) is 0. The van der Waals surface area contributed by atoms with E-state index in [1.807, 2.05) is 0 Å². The molecule has 0 fully saturated rings. The van der Waals surface area contributed by atoms with Crippen molar-refractivity contribution in [2.24, 2.45) is 0 Å². The summed E-state index contributed by atoms with van der Waals surface area (Å²) in [6.45, 7) is 4.37. The predicted octanol–water partition coefficient (Wildman–Crippen LogP) is 7.21. The van der Waals surface area contributed by atoms with Gasteiger partial charge in [0.15, 0.2) is 0 Å². The van der Waals surface area contributed by atoms with Gasteiger partial charge in [0.25, 0.3) is 0 Å². The van der Waals surface area contributed by atoms with Gasteiger partial charge >= 0.3 is 0 Å². The van der Waals surface area contributed by atoms with Crippen molar-refractivity contribution in [3.63, 3.8) is 0 Å². The Hall–Kier alpha value is -3.12. The molecule has 1 aliphatic carbocycles. The zero-order valence-electron chi connectivity index (χ0n) is 15.8. The first-order valence-corrected chi connectivity index (χ1v) is 9.59. The lowest BCUT2D eigenvalue weighted by atomic mass is 9.88. The van der Waals surface area contributed by atoms with Gasteiger partial charge in [-0.1, -0.05) is 90.5 Å². The number of fused-ring (bicyclic) bond motifs is 3. The van der Waals surface area contributed by atoms with Crippen molar-refractivity contribution in [1.29, 1.82) is 0 Å². The Labute approximate surface area is 161 Å². The minimum absolute atomic E-state index is 1.02. The third kappa shape index (κ3) is 2.61. The van der Waals surface area contributed by atoms with Crippen LogP contribution >= 0.6 is 0 Å².